The van der Waals surface area contributed by atoms with Crippen LogP contribution in [0, 0.1) is 9.49 Å². The van der Waals surface area contributed by atoms with E-state index in [4.69, 9.17) is 0 Å². The standard InChI is InChI=1S/C13H17IN2O2S/c14-11-3-5-12(6-4-11)19(17,18)16-8-10-2-1-7-15-13(10)9-16/h3-6,10,13,15H,1-2,7-9H2/t10-,13+/m0/s1. The second kappa shape index (κ2) is 5.31. The Morgan fingerprint density at radius 2 is 1.95 bits per heavy atom. The number of rotatable bonds is 2. The molecule has 0 aromatic heterocycles. The smallest absolute Gasteiger partial charge is 0.243 e. The Bertz CT molecular complexity index is 545. The third-order valence-electron chi connectivity index (χ3n) is 4.02. The van der Waals surface area contributed by atoms with Gasteiger partial charge < -0.3 is 5.32 Å². The predicted molar refractivity (Wildman–Crippen MR) is 82.4 cm³/mol. The van der Waals surface area contributed by atoms with Crippen LogP contribution in [0.25, 0.3) is 0 Å². The Morgan fingerprint density at radius 3 is 2.63 bits per heavy atom. The molecular weight excluding hydrogens is 375 g/mol. The minimum atomic E-state index is -3.32. The number of hydrogen-bond donors (Lipinski definition) is 1. The van der Waals surface area contributed by atoms with E-state index in [1.54, 1.807) is 16.4 Å². The highest BCUT2D eigenvalue weighted by molar-refractivity contribution is 14.1. The van der Waals surface area contributed by atoms with Gasteiger partial charge in [0.15, 0.2) is 0 Å². The van der Waals surface area contributed by atoms with Crippen LogP contribution in [0.4, 0.5) is 0 Å². The normalized spacial score (nSPS) is 28.3. The largest absolute Gasteiger partial charge is 0.312 e. The fraction of sp³-hybridized carbons (Fsp3) is 0.538. The van der Waals surface area contributed by atoms with Gasteiger partial charge in [-0.2, -0.15) is 4.31 Å². The highest BCUT2D eigenvalue weighted by atomic mass is 127. The first-order valence-electron chi connectivity index (χ1n) is 6.56. The summed E-state index contributed by atoms with van der Waals surface area (Å²) < 4.78 is 27.9. The third-order valence-corrected chi connectivity index (χ3v) is 6.58. The van der Waals surface area contributed by atoms with E-state index >= 15 is 0 Å². The Morgan fingerprint density at radius 1 is 1.21 bits per heavy atom. The maximum atomic E-state index is 12.6. The van der Waals surface area contributed by atoms with E-state index in [1.165, 1.54) is 0 Å². The van der Waals surface area contributed by atoms with E-state index in [0.717, 1.165) is 23.0 Å². The first-order valence-corrected chi connectivity index (χ1v) is 9.08. The van der Waals surface area contributed by atoms with E-state index in [1.807, 2.05) is 12.1 Å². The molecule has 2 saturated heterocycles. The monoisotopic (exact) mass is 392 g/mol. The van der Waals surface area contributed by atoms with Crippen LogP contribution < -0.4 is 5.32 Å². The van der Waals surface area contributed by atoms with E-state index in [9.17, 15) is 8.42 Å². The number of halogens is 1. The summed E-state index contributed by atoms with van der Waals surface area (Å²) in [6.07, 6.45) is 2.29. The van der Waals surface area contributed by atoms with E-state index < -0.39 is 10.0 Å². The van der Waals surface area contributed by atoms with Crippen LogP contribution in [0.15, 0.2) is 29.2 Å². The van der Waals surface area contributed by atoms with Crippen LogP contribution in [0.1, 0.15) is 12.8 Å². The minimum Gasteiger partial charge on any atom is -0.312 e. The molecule has 1 N–H and O–H groups in total. The molecule has 0 aliphatic carbocycles. The average molecular weight is 392 g/mol. The molecule has 0 radical (unpaired) electrons. The first kappa shape index (κ1) is 13.8. The molecule has 4 nitrogen and oxygen atoms in total. The van der Waals surface area contributed by atoms with Crippen LogP contribution in [-0.2, 0) is 10.0 Å². The van der Waals surface area contributed by atoms with E-state index in [2.05, 4.69) is 27.9 Å². The lowest BCUT2D eigenvalue weighted by atomic mass is 9.94. The molecule has 1 aromatic carbocycles. The molecule has 2 atom stereocenters. The first-order chi connectivity index (χ1) is 9.07. The summed E-state index contributed by atoms with van der Waals surface area (Å²) in [6.45, 7) is 2.28. The van der Waals surface area contributed by atoms with Gasteiger partial charge in [0, 0.05) is 22.7 Å². The summed E-state index contributed by atoms with van der Waals surface area (Å²) in [4.78, 5) is 0.409. The van der Waals surface area contributed by atoms with Crippen molar-refractivity contribution in [3.05, 3.63) is 27.8 Å². The molecule has 0 bridgehead atoms. The topological polar surface area (TPSA) is 49.4 Å². The van der Waals surface area contributed by atoms with Gasteiger partial charge in [-0.25, -0.2) is 8.42 Å². The molecule has 104 valence electrons. The van der Waals surface area contributed by atoms with Crippen molar-refractivity contribution in [2.75, 3.05) is 19.6 Å². The van der Waals surface area contributed by atoms with Crippen molar-refractivity contribution in [2.24, 2.45) is 5.92 Å². The minimum absolute atomic E-state index is 0.340. The third kappa shape index (κ3) is 2.68. The number of fused-ring (bicyclic) bond motifs is 1. The van der Waals surface area contributed by atoms with Gasteiger partial charge in [-0.05, 0) is 72.2 Å². The van der Waals surface area contributed by atoms with Gasteiger partial charge in [-0.1, -0.05) is 0 Å². The number of sulfonamides is 1. The molecule has 0 amide bonds. The van der Waals surface area contributed by atoms with Gasteiger partial charge in [-0.15, -0.1) is 0 Å². The summed E-state index contributed by atoms with van der Waals surface area (Å²) in [7, 11) is -3.32. The maximum absolute atomic E-state index is 12.6. The van der Waals surface area contributed by atoms with Crippen molar-refractivity contribution >= 4 is 32.6 Å². The van der Waals surface area contributed by atoms with Crippen LogP contribution >= 0.6 is 22.6 Å². The molecule has 6 heteroatoms. The van der Waals surface area contributed by atoms with E-state index in [-0.39, 0.29) is 0 Å². The molecule has 19 heavy (non-hydrogen) atoms. The van der Waals surface area contributed by atoms with Crippen LogP contribution in [0.2, 0.25) is 0 Å². The van der Waals surface area contributed by atoms with Crippen molar-refractivity contribution in [3.8, 4) is 0 Å². The Balaban J connectivity index is 1.83. The van der Waals surface area contributed by atoms with Crippen molar-refractivity contribution < 1.29 is 8.42 Å². The number of nitrogens with one attached hydrogen (secondary N) is 1. The molecule has 2 heterocycles. The molecule has 2 aliphatic heterocycles. The maximum Gasteiger partial charge on any atom is 0.243 e. The Hall–Kier alpha value is -0.180. The van der Waals surface area contributed by atoms with Crippen molar-refractivity contribution in [2.45, 2.75) is 23.8 Å². The summed E-state index contributed by atoms with van der Waals surface area (Å²) >= 11 is 2.18. The zero-order chi connectivity index (χ0) is 13.5. The molecule has 0 saturated carbocycles. The van der Waals surface area contributed by atoms with Crippen LogP contribution in [-0.4, -0.2) is 38.4 Å². The lowest BCUT2D eigenvalue weighted by molar-refractivity contribution is 0.339. The van der Waals surface area contributed by atoms with Gasteiger partial charge in [0.25, 0.3) is 0 Å². The second-order valence-corrected chi connectivity index (χ2v) is 8.42. The fourth-order valence-corrected chi connectivity index (χ4v) is 4.84. The van der Waals surface area contributed by atoms with Gasteiger partial charge in [0.1, 0.15) is 0 Å². The predicted octanol–water partition coefficient (Wildman–Crippen LogP) is 1.66. The Labute approximate surface area is 127 Å². The molecule has 1 aromatic rings. The zero-order valence-corrected chi connectivity index (χ0v) is 13.5. The van der Waals surface area contributed by atoms with Crippen molar-refractivity contribution in [1.82, 2.24) is 9.62 Å². The van der Waals surface area contributed by atoms with Crippen LogP contribution in [0.5, 0.6) is 0 Å². The SMILES string of the molecule is O=S(=O)(c1ccc(I)cc1)N1C[C@@H]2CCCN[C@@H]2C1. The number of benzene rings is 1. The molecular formula is C13H17IN2O2S. The molecule has 2 aliphatic rings. The Kier molecular flexibility index (Phi) is 3.85. The molecule has 2 fully saturated rings. The summed E-state index contributed by atoms with van der Waals surface area (Å²) in [5.41, 5.74) is 0. The molecule has 0 spiro atoms. The summed E-state index contributed by atoms with van der Waals surface area (Å²) in [5.74, 6) is 0.479. The lowest BCUT2D eigenvalue weighted by Crippen LogP contribution is -2.41. The fourth-order valence-electron chi connectivity index (χ4n) is 2.96. The second-order valence-electron chi connectivity index (χ2n) is 5.24. The number of nitrogens with zero attached hydrogens (tertiary/aromatic N) is 1. The lowest BCUT2D eigenvalue weighted by Gasteiger charge is -2.24. The van der Waals surface area contributed by atoms with Gasteiger partial charge in [0.05, 0.1) is 4.90 Å². The van der Waals surface area contributed by atoms with Gasteiger partial charge in [-0.3, -0.25) is 0 Å². The summed E-state index contributed by atoms with van der Waals surface area (Å²) in [6, 6.07) is 7.43. The van der Waals surface area contributed by atoms with Gasteiger partial charge in [0.2, 0.25) is 10.0 Å². The molecule has 3 rings (SSSR count). The van der Waals surface area contributed by atoms with E-state index in [0.29, 0.717) is 29.9 Å². The quantitative estimate of drug-likeness (QED) is 0.780. The number of piperidine rings is 1. The van der Waals surface area contributed by atoms with Crippen molar-refractivity contribution in [3.63, 3.8) is 0 Å². The molecule has 0 unspecified atom stereocenters. The highest BCUT2D eigenvalue weighted by Crippen LogP contribution is 2.29. The van der Waals surface area contributed by atoms with Crippen LogP contribution in [0.3, 0.4) is 0 Å². The van der Waals surface area contributed by atoms with Gasteiger partial charge >= 0.3 is 0 Å². The zero-order valence-electron chi connectivity index (χ0n) is 10.5. The summed E-state index contributed by atoms with van der Waals surface area (Å²) in [5, 5.41) is 3.44. The average Bonchev–Trinajstić information content (AvgIpc) is 2.83. The van der Waals surface area contributed by atoms with Crippen molar-refractivity contribution in [1.29, 1.82) is 0 Å². The number of hydrogen-bond acceptors (Lipinski definition) is 3. The highest BCUT2D eigenvalue weighted by Gasteiger charge is 2.39.